The van der Waals surface area contributed by atoms with Crippen molar-refractivity contribution in [2.24, 2.45) is 0 Å². The first kappa shape index (κ1) is 13.7. The van der Waals surface area contributed by atoms with Gasteiger partial charge in [0, 0.05) is 36.6 Å². The fourth-order valence-electron chi connectivity index (χ4n) is 1.64. The van der Waals surface area contributed by atoms with E-state index in [0.29, 0.717) is 13.0 Å². The minimum absolute atomic E-state index is 0.151. The highest BCUT2D eigenvalue weighted by atomic mass is 16.4. The van der Waals surface area contributed by atoms with Crippen molar-refractivity contribution in [2.75, 3.05) is 6.54 Å². The summed E-state index contributed by atoms with van der Waals surface area (Å²) in [6, 6.07) is 8.31. The molecule has 0 aliphatic heterocycles. The smallest absolute Gasteiger partial charge is 0.354 e. The van der Waals surface area contributed by atoms with Crippen LogP contribution >= 0.6 is 0 Å². The van der Waals surface area contributed by atoms with Crippen molar-refractivity contribution in [1.29, 1.82) is 0 Å². The molecule has 20 heavy (non-hydrogen) atoms. The van der Waals surface area contributed by atoms with E-state index in [2.05, 4.69) is 15.3 Å². The van der Waals surface area contributed by atoms with Crippen molar-refractivity contribution in [3.8, 4) is 0 Å². The van der Waals surface area contributed by atoms with Crippen LogP contribution in [0.1, 0.15) is 26.5 Å². The first-order chi connectivity index (χ1) is 9.66. The van der Waals surface area contributed by atoms with Crippen molar-refractivity contribution in [3.05, 3.63) is 59.7 Å². The maximum Gasteiger partial charge on any atom is 0.354 e. The summed E-state index contributed by atoms with van der Waals surface area (Å²) >= 11 is 0. The van der Waals surface area contributed by atoms with Crippen LogP contribution in [0, 0.1) is 0 Å². The number of carbonyl (C=O) groups is 2. The largest absolute Gasteiger partial charge is 0.477 e. The number of carboxylic acid groups (broad SMARTS) is 1. The molecule has 6 nitrogen and oxygen atoms in total. The SMILES string of the molecule is O=C(NCCc1ccccn1)c1ccnc(C(=O)O)c1. The number of pyridine rings is 2. The molecule has 0 radical (unpaired) electrons. The molecule has 102 valence electrons. The zero-order valence-corrected chi connectivity index (χ0v) is 10.6. The Morgan fingerprint density at radius 1 is 1.15 bits per heavy atom. The summed E-state index contributed by atoms with van der Waals surface area (Å²) in [5, 5.41) is 11.5. The molecule has 0 atom stereocenters. The average Bonchev–Trinajstić information content (AvgIpc) is 2.48. The third-order valence-corrected chi connectivity index (χ3v) is 2.63. The van der Waals surface area contributed by atoms with Gasteiger partial charge in [-0.2, -0.15) is 0 Å². The van der Waals surface area contributed by atoms with E-state index in [-0.39, 0.29) is 17.2 Å². The van der Waals surface area contributed by atoms with Crippen LogP contribution in [0.15, 0.2) is 42.7 Å². The lowest BCUT2D eigenvalue weighted by atomic mass is 10.2. The zero-order valence-electron chi connectivity index (χ0n) is 10.6. The second kappa shape index (κ2) is 6.42. The zero-order chi connectivity index (χ0) is 14.4. The van der Waals surface area contributed by atoms with Gasteiger partial charge in [-0.05, 0) is 24.3 Å². The van der Waals surface area contributed by atoms with Crippen LogP contribution in [0.5, 0.6) is 0 Å². The minimum Gasteiger partial charge on any atom is -0.477 e. The minimum atomic E-state index is -1.16. The summed E-state index contributed by atoms with van der Waals surface area (Å²) in [5.41, 5.74) is 1.01. The molecule has 2 rings (SSSR count). The van der Waals surface area contributed by atoms with Crippen LogP contribution in [0.4, 0.5) is 0 Å². The molecule has 0 aromatic carbocycles. The van der Waals surface area contributed by atoms with E-state index in [9.17, 15) is 9.59 Å². The summed E-state index contributed by atoms with van der Waals surface area (Å²) < 4.78 is 0. The van der Waals surface area contributed by atoms with Gasteiger partial charge in [-0.1, -0.05) is 6.07 Å². The van der Waals surface area contributed by atoms with E-state index in [1.54, 1.807) is 6.20 Å². The average molecular weight is 271 g/mol. The summed E-state index contributed by atoms with van der Waals surface area (Å²) in [7, 11) is 0. The van der Waals surface area contributed by atoms with Gasteiger partial charge >= 0.3 is 5.97 Å². The number of aromatic nitrogens is 2. The Morgan fingerprint density at radius 2 is 2.00 bits per heavy atom. The van der Waals surface area contributed by atoms with Crippen molar-refractivity contribution in [2.45, 2.75) is 6.42 Å². The summed E-state index contributed by atoms with van der Waals surface area (Å²) in [4.78, 5) is 30.4. The second-order valence-corrected chi connectivity index (χ2v) is 4.06. The molecule has 6 heteroatoms. The monoisotopic (exact) mass is 271 g/mol. The number of rotatable bonds is 5. The second-order valence-electron chi connectivity index (χ2n) is 4.06. The van der Waals surface area contributed by atoms with Crippen LogP contribution in [0.25, 0.3) is 0 Å². The van der Waals surface area contributed by atoms with E-state index in [1.165, 1.54) is 18.3 Å². The molecule has 2 heterocycles. The number of carbonyl (C=O) groups excluding carboxylic acids is 1. The number of nitrogens with zero attached hydrogens (tertiary/aromatic N) is 2. The Kier molecular flexibility index (Phi) is 4.39. The van der Waals surface area contributed by atoms with Gasteiger partial charge in [-0.25, -0.2) is 9.78 Å². The number of aromatic carboxylic acids is 1. The Balaban J connectivity index is 1.92. The van der Waals surface area contributed by atoms with Crippen molar-refractivity contribution < 1.29 is 14.7 Å². The van der Waals surface area contributed by atoms with Crippen LogP contribution in [0.3, 0.4) is 0 Å². The van der Waals surface area contributed by atoms with E-state index < -0.39 is 5.97 Å². The normalized spacial score (nSPS) is 10.0. The standard InChI is InChI=1S/C14H13N3O3/c18-13(10-4-7-16-12(9-10)14(19)20)17-8-5-11-3-1-2-6-15-11/h1-4,6-7,9H,5,8H2,(H,17,18)(H,19,20). The third kappa shape index (κ3) is 3.61. The Labute approximate surface area is 115 Å². The fourth-order valence-corrected chi connectivity index (χ4v) is 1.64. The lowest BCUT2D eigenvalue weighted by Gasteiger charge is -2.05. The Bertz CT molecular complexity index is 614. The predicted octanol–water partition coefficient (Wildman–Crippen LogP) is 1.15. The van der Waals surface area contributed by atoms with Crippen molar-refractivity contribution in [3.63, 3.8) is 0 Å². The van der Waals surface area contributed by atoms with Crippen LogP contribution in [-0.2, 0) is 6.42 Å². The molecule has 0 aliphatic rings. The van der Waals surface area contributed by atoms with Gasteiger partial charge in [-0.3, -0.25) is 9.78 Å². The molecular formula is C14H13N3O3. The highest BCUT2D eigenvalue weighted by molar-refractivity contribution is 5.96. The van der Waals surface area contributed by atoms with E-state index in [1.807, 2.05) is 18.2 Å². The number of amides is 1. The molecule has 2 aromatic rings. The quantitative estimate of drug-likeness (QED) is 0.851. The van der Waals surface area contributed by atoms with Crippen LogP contribution < -0.4 is 5.32 Å². The number of nitrogens with one attached hydrogen (secondary N) is 1. The summed E-state index contributed by atoms with van der Waals surface area (Å²) in [5.74, 6) is -1.49. The highest BCUT2D eigenvalue weighted by Crippen LogP contribution is 2.02. The van der Waals surface area contributed by atoms with Gasteiger partial charge < -0.3 is 10.4 Å². The van der Waals surface area contributed by atoms with Crippen LogP contribution in [-0.4, -0.2) is 33.5 Å². The number of carboxylic acids is 1. The first-order valence-corrected chi connectivity index (χ1v) is 6.04. The first-order valence-electron chi connectivity index (χ1n) is 6.04. The van der Waals surface area contributed by atoms with Gasteiger partial charge in [0.1, 0.15) is 5.69 Å². The Hall–Kier alpha value is -2.76. The molecule has 0 saturated heterocycles. The van der Waals surface area contributed by atoms with Crippen LogP contribution in [0.2, 0.25) is 0 Å². The van der Waals surface area contributed by atoms with Gasteiger partial charge in [0.25, 0.3) is 5.91 Å². The van der Waals surface area contributed by atoms with E-state index in [0.717, 1.165) is 5.69 Å². The molecule has 0 bridgehead atoms. The summed E-state index contributed by atoms with van der Waals surface area (Å²) in [6.07, 6.45) is 3.61. The van der Waals surface area contributed by atoms with Gasteiger partial charge in [0.05, 0.1) is 0 Å². The topological polar surface area (TPSA) is 92.2 Å². The summed E-state index contributed by atoms with van der Waals surface area (Å²) in [6.45, 7) is 0.431. The molecule has 0 aliphatic carbocycles. The molecule has 2 aromatic heterocycles. The molecule has 0 spiro atoms. The van der Waals surface area contributed by atoms with Gasteiger partial charge in [0.15, 0.2) is 0 Å². The lowest BCUT2D eigenvalue weighted by Crippen LogP contribution is -2.26. The third-order valence-electron chi connectivity index (χ3n) is 2.63. The fraction of sp³-hybridized carbons (Fsp3) is 0.143. The maximum absolute atomic E-state index is 11.9. The number of hydrogen-bond acceptors (Lipinski definition) is 4. The molecular weight excluding hydrogens is 258 g/mol. The molecule has 1 amide bonds. The molecule has 0 unspecified atom stereocenters. The van der Waals surface area contributed by atoms with Gasteiger partial charge in [-0.15, -0.1) is 0 Å². The number of hydrogen-bond donors (Lipinski definition) is 2. The van der Waals surface area contributed by atoms with Crippen molar-refractivity contribution >= 4 is 11.9 Å². The van der Waals surface area contributed by atoms with E-state index >= 15 is 0 Å². The molecule has 2 N–H and O–H groups in total. The lowest BCUT2D eigenvalue weighted by molar-refractivity contribution is 0.0690. The molecule has 0 saturated carbocycles. The predicted molar refractivity (Wildman–Crippen MR) is 71.5 cm³/mol. The van der Waals surface area contributed by atoms with E-state index in [4.69, 9.17) is 5.11 Å². The van der Waals surface area contributed by atoms with Crippen molar-refractivity contribution in [1.82, 2.24) is 15.3 Å². The molecule has 0 fully saturated rings. The van der Waals surface area contributed by atoms with Gasteiger partial charge in [0.2, 0.25) is 0 Å². The maximum atomic E-state index is 11.9. The highest BCUT2D eigenvalue weighted by Gasteiger charge is 2.10. The Morgan fingerprint density at radius 3 is 2.70 bits per heavy atom.